The van der Waals surface area contributed by atoms with E-state index in [0.29, 0.717) is 19.6 Å². The van der Waals surface area contributed by atoms with Crippen LogP contribution in [0.25, 0.3) is 11.3 Å². The summed E-state index contributed by atoms with van der Waals surface area (Å²) in [5.74, 6) is 0.362. The van der Waals surface area contributed by atoms with Crippen LogP contribution in [0.5, 0.6) is 0 Å². The topological polar surface area (TPSA) is 75.4 Å². The summed E-state index contributed by atoms with van der Waals surface area (Å²) in [5, 5.41) is 10.7. The van der Waals surface area contributed by atoms with Gasteiger partial charge in [-0.05, 0) is 49.3 Å². The number of aromatic nitrogens is 2. The number of carbonyl (C=O) groups excluding carboxylic acids is 1. The Hall–Kier alpha value is -2.47. The molecule has 2 aromatic heterocycles. The molecule has 6 nitrogen and oxygen atoms in total. The predicted molar refractivity (Wildman–Crippen MR) is 114 cm³/mol. The lowest BCUT2D eigenvalue weighted by atomic mass is 9.81. The number of amides is 1. The molecular formula is C24H29N3O3. The van der Waals surface area contributed by atoms with E-state index in [1.54, 1.807) is 12.3 Å². The fraction of sp³-hybridized carbons (Fsp3) is 0.542. The largest absolute Gasteiger partial charge is 0.383 e. The maximum absolute atomic E-state index is 13.1. The van der Waals surface area contributed by atoms with Crippen molar-refractivity contribution in [1.82, 2.24) is 14.5 Å². The SMILES string of the molecule is O=C([C@H](O)C1CCCCC1)N1C[C@@H]2C[C@H](C1)c1cc(-c3ccccn3)cc(=O)n1C2. The molecule has 1 amide bonds. The average Bonchev–Trinajstić information content (AvgIpc) is 2.79. The first-order valence-corrected chi connectivity index (χ1v) is 11.2. The first-order chi connectivity index (χ1) is 14.6. The van der Waals surface area contributed by atoms with E-state index in [1.165, 1.54) is 6.42 Å². The third-order valence-corrected chi connectivity index (χ3v) is 7.18. The van der Waals surface area contributed by atoms with Crippen molar-refractivity contribution in [3.8, 4) is 11.3 Å². The van der Waals surface area contributed by atoms with Crippen LogP contribution in [0.1, 0.15) is 50.1 Å². The number of fused-ring (bicyclic) bond motifs is 4. The Bertz CT molecular complexity index is 981. The lowest BCUT2D eigenvalue weighted by molar-refractivity contribution is -0.146. The molecule has 1 saturated heterocycles. The van der Waals surface area contributed by atoms with Gasteiger partial charge in [-0.15, -0.1) is 0 Å². The molecule has 0 unspecified atom stereocenters. The molecule has 6 heteroatoms. The van der Waals surface area contributed by atoms with Crippen LogP contribution in [0.15, 0.2) is 41.3 Å². The highest BCUT2D eigenvalue weighted by Gasteiger charge is 2.39. The molecule has 5 rings (SSSR count). The first kappa shape index (κ1) is 19.5. The Morgan fingerprint density at radius 3 is 2.70 bits per heavy atom. The van der Waals surface area contributed by atoms with Crippen LogP contribution in [0.4, 0.5) is 0 Å². The molecule has 0 aromatic carbocycles. The van der Waals surface area contributed by atoms with Gasteiger partial charge in [0, 0.05) is 49.1 Å². The van der Waals surface area contributed by atoms with Crippen molar-refractivity contribution in [2.45, 2.75) is 57.1 Å². The van der Waals surface area contributed by atoms with Crippen molar-refractivity contribution >= 4 is 5.91 Å². The second kappa shape index (κ2) is 7.99. The lowest BCUT2D eigenvalue weighted by Crippen LogP contribution is -2.52. The minimum atomic E-state index is -0.883. The molecule has 2 fully saturated rings. The summed E-state index contributed by atoms with van der Waals surface area (Å²) >= 11 is 0. The fourth-order valence-electron chi connectivity index (χ4n) is 5.66. The summed E-state index contributed by atoms with van der Waals surface area (Å²) in [6, 6.07) is 9.43. The van der Waals surface area contributed by atoms with Crippen LogP contribution in [0.3, 0.4) is 0 Å². The quantitative estimate of drug-likeness (QED) is 0.849. The van der Waals surface area contributed by atoms with Crippen LogP contribution >= 0.6 is 0 Å². The van der Waals surface area contributed by atoms with Crippen LogP contribution in [0.2, 0.25) is 0 Å². The van der Waals surface area contributed by atoms with Crippen molar-refractivity contribution in [3.05, 3.63) is 52.6 Å². The highest BCUT2D eigenvalue weighted by atomic mass is 16.3. The highest BCUT2D eigenvalue weighted by molar-refractivity contribution is 5.81. The molecule has 0 spiro atoms. The number of aliphatic hydroxyl groups is 1. The summed E-state index contributed by atoms with van der Waals surface area (Å²) in [7, 11) is 0. The van der Waals surface area contributed by atoms with Crippen LogP contribution in [-0.4, -0.2) is 44.7 Å². The number of hydrogen-bond acceptors (Lipinski definition) is 4. The van der Waals surface area contributed by atoms with E-state index < -0.39 is 6.10 Å². The summed E-state index contributed by atoms with van der Waals surface area (Å²) in [6.07, 6.45) is 7.13. The molecule has 1 saturated carbocycles. The molecule has 1 aliphatic carbocycles. The normalized spacial score (nSPS) is 24.9. The van der Waals surface area contributed by atoms with Gasteiger partial charge >= 0.3 is 0 Å². The third-order valence-electron chi connectivity index (χ3n) is 7.18. The van der Waals surface area contributed by atoms with Crippen molar-refractivity contribution in [2.75, 3.05) is 13.1 Å². The van der Waals surface area contributed by atoms with Crippen LogP contribution in [-0.2, 0) is 11.3 Å². The van der Waals surface area contributed by atoms with Crippen molar-refractivity contribution in [3.63, 3.8) is 0 Å². The third kappa shape index (κ3) is 3.58. The minimum absolute atomic E-state index is 0.00451. The second-order valence-electron chi connectivity index (χ2n) is 9.22. The Balaban J connectivity index is 1.40. The smallest absolute Gasteiger partial charge is 0.251 e. The molecule has 0 radical (unpaired) electrons. The monoisotopic (exact) mass is 407 g/mol. The fourth-order valence-corrected chi connectivity index (χ4v) is 5.66. The molecule has 1 N–H and O–H groups in total. The number of pyridine rings is 2. The number of likely N-dealkylation sites (tertiary alicyclic amines) is 1. The molecule has 2 bridgehead atoms. The Labute approximate surface area is 176 Å². The first-order valence-electron chi connectivity index (χ1n) is 11.2. The van der Waals surface area contributed by atoms with Crippen molar-refractivity contribution < 1.29 is 9.90 Å². The zero-order valence-electron chi connectivity index (χ0n) is 17.2. The van der Waals surface area contributed by atoms with E-state index in [-0.39, 0.29) is 29.2 Å². The zero-order valence-corrected chi connectivity index (χ0v) is 17.2. The molecule has 3 atom stereocenters. The molecule has 2 aromatic rings. The summed E-state index contributed by atoms with van der Waals surface area (Å²) in [4.78, 5) is 32.2. The summed E-state index contributed by atoms with van der Waals surface area (Å²) < 4.78 is 1.88. The molecule has 2 aliphatic heterocycles. The van der Waals surface area contributed by atoms with E-state index in [9.17, 15) is 14.7 Å². The molecule has 30 heavy (non-hydrogen) atoms. The maximum atomic E-state index is 13.1. The van der Waals surface area contributed by atoms with Gasteiger partial charge in [0.15, 0.2) is 0 Å². The highest BCUT2D eigenvalue weighted by Crippen LogP contribution is 2.37. The summed E-state index contributed by atoms with van der Waals surface area (Å²) in [5.41, 5.74) is 2.61. The van der Waals surface area contributed by atoms with Gasteiger partial charge in [0.2, 0.25) is 0 Å². The summed E-state index contributed by atoms with van der Waals surface area (Å²) in [6.45, 7) is 1.84. The number of carbonyl (C=O) groups is 1. The number of nitrogens with zero attached hydrogens (tertiary/aromatic N) is 3. The number of aliphatic hydroxyl groups excluding tert-OH is 1. The molecule has 3 aliphatic rings. The van der Waals surface area contributed by atoms with Crippen molar-refractivity contribution in [1.29, 1.82) is 0 Å². The van der Waals surface area contributed by atoms with Crippen LogP contribution < -0.4 is 5.56 Å². The number of piperidine rings is 1. The van der Waals surface area contributed by atoms with E-state index in [2.05, 4.69) is 11.1 Å². The standard InChI is InChI=1S/C24H29N3O3/c28-22-12-18(20-8-4-5-9-25-20)11-21-19-10-16(14-27(21)22)13-26(15-19)24(30)23(29)17-6-2-1-3-7-17/h4-5,8-9,11-12,16-17,19,23,29H,1-3,6-7,10,13-15H2/t16-,19+,23+/m0/s1. The maximum Gasteiger partial charge on any atom is 0.251 e. The van der Waals surface area contributed by atoms with E-state index in [0.717, 1.165) is 49.1 Å². The van der Waals surface area contributed by atoms with E-state index in [1.807, 2.05) is 27.7 Å². The Morgan fingerprint density at radius 2 is 1.93 bits per heavy atom. The van der Waals surface area contributed by atoms with Gasteiger partial charge in [0.05, 0.1) is 5.69 Å². The second-order valence-corrected chi connectivity index (χ2v) is 9.22. The zero-order chi connectivity index (χ0) is 20.7. The average molecular weight is 408 g/mol. The predicted octanol–water partition coefficient (Wildman–Crippen LogP) is 2.80. The minimum Gasteiger partial charge on any atom is -0.383 e. The Morgan fingerprint density at radius 1 is 1.10 bits per heavy atom. The van der Waals surface area contributed by atoms with Gasteiger partial charge in [0.1, 0.15) is 6.10 Å². The van der Waals surface area contributed by atoms with Gasteiger partial charge in [-0.3, -0.25) is 14.6 Å². The van der Waals surface area contributed by atoms with Gasteiger partial charge in [0.25, 0.3) is 11.5 Å². The van der Waals surface area contributed by atoms with Gasteiger partial charge < -0.3 is 14.6 Å². The van der Waals surface area contributed by atoms with Gasteiger partial charge in [-0.1, -0.05) is 25.3 Å². The van der Waals surface area contributed by atoms with Gasteiger partial charge in [-0.25, -0.2) is 0 Å². The van der Waals surface area contributed by atoms with Crippen molar-refractivity contribution in [2.24, 2.45) is 11.8 Å². The van der Waals surface area contributed by atoms with E-state index in [4.69, 9.17) is 0 Å². The molecular weight excluding hydrogens is 378 g/mol. The lowest BCUT2D eigenvalue weighted by Gasteiger charge is -2.44. The number of rotatable bonds is 3. The molecule has 158 valence electrons. The van der Waals surface area contributed by atoms with E-state index >= 15 is 0 Å². The molecule has 4 heterocycles. The van der Waals surface area contributed by atoms with Crippen LogP contribution in [0, 0.1) is 11.8 Å². The number of hydrogen-bond donors (Lipinski definition) is 1. The van der Waals surface area contributed by atoms with Gasteiger partial charge in [-0.2, -0.15) is 0 Å². The Kier molecular flexibility index (Phi) is 5.19.